The van der Waals surface area contributed by atoms with Crippen molar-refractivity contribution in [2.24, 2.45) is 0 Å². The standard InChI is InChI=1S/C34H39F3N4O6S/c1-22-20-38-21-24(41(22)48(44,45)25-7-4-3-5-8-25)12-13-26-27(35)9-6-10-30(26)39-32(42)31(40-33(43)46-2)34(15-17-47-18-16-34)23-11-14-28(36)29(37)19-23/h3-11,14,19,22,24,31,38H,12-13,15-18,20-21H2,1-2H3,(H,39,42)(H,40,43)/t22-,24+,31-/m1/s1. The van der Waals surface area contributed by atoms with Crippen molar-refractivity contribution in [1.29, 1.82) is 0 Å². The molecule has 48 heavy (non-hydrogen) atoms. The van der Waals surface area contributed by atoms with Crippen LogP contribution < -0.4 is 16.0 Å². The zero-order valence-corrected chi connectivity index (χ0v) is 27.5. The molecule has 3 atom stereocenters. The van der Waals surface area contributed by atoms with Gasteiger partial charge in [0.1, 0.15) is 11.9 Å². The van der Waals surface area contributed by atoms with Crippen LogP contribution in [0.15, 0.2) is 71.6 Å². The van der Waals surface area contributed by atoms with E-state index in [-0.39, 0.29) is 66.6 Å². The highest BCUT2D eigenvalue weighted by molar-refractivity contribution is 7.89. The van der Waals surface area contributed by atoms with Crippen molar-refractivity contribution in [1.82, 2.24) is 14.9 Å². The number of hydrogen-bond acceptors (Lipinski definition) is 7. The number of ether oxygens (including phenoxy) is 2. The van der Waals surface area contributed by atoms with Gasteiger partial charge in [-0.1, -0.05) is 30.3 Å². The van der Waals surface area contributed by atoms with E-state index in [9.17, 15) is 26.8 Å². The third kappa shape index (κ3) is 7.36. The van der Waals surface area contributed by atoms with Crippen LogP contribution in [0.3, 0.4) is 0 Å². The number of methoxy groups -OCH3 is 1. The number of amides is 2. The molecule has 0 spiro atoms. The van der Waals surface area contributed by atoms with E-state index in [1.54, 1.807) is 18.2 Å². The van der Waals surface area contributed by atoms with Gasteiger partial charge in [-0.25, -0.2) is 26.4 Å². The maximum absolute atomic E-state index is 15.5. The van der Waals surface area contributed by atoms with Gasteiger partial charge in [0.2, 0.25) is 15.9 Å². The molecule has 2 amide bonds. The van der Waals surface area contributed by atoms with E-state index in [0.717, 1.165) is 19.2 Å². The van der Waals surface area contributed by atoms with Crippen molar-refractivity contribution in [3.05, 3.63) is 95.3 Å². The molecular weight excluding hydrogens is 649 g/mol. The average Bonchev–Trinajstić information content (AvgIpc) is 3.08. The normalized spacial score (nSPS) is 20.4. The molecule has 0 bridgehead atoms. The first-order chi connectivity index (χ1) is 23.0. The van der Waals surface area contributed by atoms with Crippen molar-refractivity contribution in [3.63, 3.8) is 0 Å². The van der Waals surface area contributed by atoms with Gasteiger partial charge in [0, 0.05) is 55.1 Å². The number of sulfonamides is 1. The van der Waals surface area contributed by atoms with Gasteiger partial charge in [-0.3, -0.25) is 4.79 Å². The first-order valence-corrected chi connectivity index (χ1v) is 17.2. The highest BCUT2D eigenvalue weighted by Crippen LogP contribution is 2.40. The van der Waals surface area contributed by atoms with E-state index >= 15 is 4.39 Å². The molecule has 14 heteroatoms. The van der Waals surface area contributed by atoms with Gasteiger partial charge < -0.3 is 25.4 Å². The summed E-state index contributed by atoms with van der Waals surface area (Å²) in [6.45, 7) is 2.95. The van der Waals surface area contributed by atoms with Crippen LogP contribution in [-0.2, 0) is 36.1 Å². The Morgan fingerprint density at radius 3 is 2.42 bits per heavy atom. The molecule has 2 aliphatic rings. The SMILES string of the molecule is COC(=O)N[C@H](C(=O)Nc1cccc(F)c1CC[C@H]1CNC[C@@H](C)N1S(=O)(=O)c1ccccc1)C1(c2ccc(F)c(F)c2)CCOCC1. The number of anilines is 1. The molecule has 2 aliphatic heterocycles. The molecule has 5 rings (SSSR count). The molecule has 0 aliphatic carbocycles. The second-order valence-electron chi connectivity index (χ2n) is 12.1. The van der Waals surface area contributed by atoms with Gasteiger partial charge in [0.15, 0.2) is 11.6 Å². The molecule has 3 aromatic rings. The van der Waals surface area contributed by atoms with E-state index in [1.165, 1.54) is 40.7 Å². The monoisotopic (exact) mass is 688 g/mol. The Hall–Kier alpha value is -3.98. The molecule has 3 N–H and O–H groups in total. The third-order valence-corrected chi connectivity index (χ3v) is 11.3. The first-order valence-electron chi connectivity index (χ1n) is 15.7. The summed E-state index contributed by atoms with van der Waals surface area (Å²) in [7, 11) is -2.73. The minimum atomic E-state index is -3.86. The van der Waals surface area contributed by atoms with Gasteiger partial charge in [0.25, 0.3) is 0 Å². The van der Waals surface area contributed by atoms with Crippen molar-refractivity contribution in [3.8, 4) is 0 Å². The molecule has 2 heterocycles. The Morgan fingerprint density at radius 2 is 1.73 bits per heavy atom. The number of halogens is 3. The summed E-state index contributed by atoms with van der Waals surface area (Å²) >= 11 is 0. The third-order valence-electron chi connectivity index (χ3n) is 9.18. The molecule has 2 saturated heterocycles. The second kappa shape index (κ2) is 15.1. The number of alkyl carbamates (subject to hydrolysis) is 1. The Balaban J connectivity index is 1.44. The number of benzene rings is 3. The van der Waals surface area contributed by atoms with Gasteiger partial charge >= 0.3 is 6.09 Å². The second-order valence-corrected chi connectivity index (χ2v) is 13.9. The highest BCUT2D eigenvalue weighted by atomic mass is 32.2. The molecule has 258 valence electrons. The van der Waals surface area contributed by atoms with Crippen LogP contribution >= 0.6 is 0 Å². The van der Waals surface area contributed by atoms with Crippen LogP contribution in [-0.4, -0.2) is 76.3 Å². The summed E-state index contributed by atoms with van der Waals surface area (Å²) in [5, 5.41) is 8.58. The average molecular weight is 689 g/mol. The Bertz CT molecular complexity index is 1720. The summed E-state index contributed by atoms with van der Waals surface area (Å²) < 4.78 is 83.1. The fraction of sp³-hybridized carbons (Fsp3) is 0.412. The molecule has 0 radical (unpaired) electrons. The molecule has 10 nitrogen and oxygen atoms in total. The Labute approximate surface area is 278 Å². The van der Waals surface area contributed by atoms with Gasteiger partial charge in [-0.05, 0) is 74.6 Å². The zero-order valence-electron chi connectivity index (χ0n) is 26.7. The van der Waals surface area contributed by atoms with Gasteiger partial charge in [-0.15, -0.1) is 0 Å². The summed E-state index contributed by atoms with van der Waals surface area (Å²) in [6.07, 6.45) is -0.280. The maximum atomic E-state index is 15.5. The number of nitrogens with zero attached hydrogens (tertiary/aromatic N) is 1. The number of hydrogen-bond donors (Lipinski definition) is 3. The van der Waals surface area contributed by atoms with E-state index in [0.29, 0.717) is 13.1 Å². The van der Waals surface area contributed by atoms with E-state index < -0.39 is 57.0 Å². The molecule has 0 saturated carbocycles. The van der Waals surface area contributed by atoms with Crippen LogP contribution in [0.2, 0.25) is 0 Å². The van der Waals surface area contributed by atoms with Crippen LogP contribution in [0.25, 0.3) is 0 Å². The minimum Gasteiger partial charge on any atom is -0.453 e. The number of carbonyl (C=O) groups is 2. The van der Waals surface area contributed by atoms with E-state index in [1.807, 2.05) is 6.92 Å². The molecule has 3 aromatic carbocycles. The predicted octanol–water partition coefficient (Wildman–Crippen LogP) is 4.50. The molecule has 2 fully saturated rings. The van der Waals surface area contributed by atoms with Crippen LogP contribution in [0.1, 0.15) is 37.3 Å². The fourth-order valence-electron chi connectivity index (χ4n) is 6.74. The number of carbonyl (C=O) groups excluding carboxylic acids is 2. The maximum Gasteiger partial charge on any atom is 0.407 e. The van der Waals surface area contributed by atoms with Gasteiger partial charge in [-0.2, -0.15) is 4.31 Å². The van der Waals surface area contributed by atoms with Crippen molar-refractivity contribution >= 4 is 27.7 Å². The fourth-order valence-corrected chi connectivity index (χ4v) is 8.60. The lowest BCUT2D eigenvalue weighted by atomic mass is 9.68. The molecule has 0 aromatic heterocycles. The summed E-state index contributed by atoms with van der Waals surface area (Å²) in [5.74, 6) is -3.52. The molecule has 0 unspecified atom stereocenters. The Kier molecular flexibility index (Phi) is 11.1. The smallest absolute Gasteiger partial charge is 0.407 e. The number of rotatable bonds is 10. The van der Waals surface area contributed by atoms with Crippen LogP contribution in [0, 0.1) is 17.5 Å². The van der Waals surface area contributed by atoms with Crippen LogP contribution in [0.5, 0.6) is 0 Å². The predicted molar refractivity (Wildman–Crippen MR) is 172 cm³/mol. The van der Waals surface area contributed by atoms with E-state index in [4.69, 9.17) is 9.47 Å². The first kappa shape index (κ1) is 35.3. The Morgan fingerprint density at radius 1 is 1.00 bits per heavy atom. The summed E-state index contributed by atoms with van der Waals surface area (Å²) in [6, 6.07) is 13.4. The van der Waals surface area contributed by atoms with Crippen molar-refractivity contribution in [2.75, 3.05) is 38.7 Å². The lowest BCUT2D eigenvalue weighted by Crippen LogP contribution is -2.59. The highest BCUT2D eigenvalue weighted by Gasteiger charge is 2.47. The largest absolute Gasteiger partial charge is 0.453 e. The van der Waals surface area contributed by atoms with Crippen LogP contribution in [0.4, 0.5) is 23.7 Å². The lowest BCUT2D eigenvalue weighted by molar-refractivity contribution is -0.121. The minimum absolute atomic E-state index is 0.0689. The topological polar surface area (TPSA) is 126 Å². The quantitative estimate of drug-likeness (QED) is 0.287. The number of piperazine rings is 1. The van der Waals surface area contributed by atoms with E-state index in [2.05, 4.69) is 16.0 Å². The van der Waals surface area contributed by atoms with Gasteiger partial charge in [0.05, 0.1) is 12.0 Å². The summed E-state index contributed by atoms with van der Waals surface area (Å²) in [4.78, 5) is 26.9. The number of nitrogens with one attached hydrogen (secondary N) is 3. The van der Waals surface area contributed by atoms with Crippen molar-refractivity contribution < 1.29 is 40.7 Å². The lowest BCUT2D eigenvalue weighted by Gasteiger charge is -2.43. The van der Waals surface area contributed by atoms with Crippen molar-refractivity contribution in [2.45, 2.75) is 61.0 Å². The summed E-state index contributed by atoms with van der Waals surface area (Å²) in [5.41, 5.74) is -0.681. The molecular formula is C34H39F3N4O6S. The zero-order chi connectivity index (χ0) is 34.5.